The van der Waals surface area contributed by atoms with E-state index >= 15 is 0 Å². The zero-order valence-electron chi connectivity index (χ0n) is 6.57. The lowest BCUT2D eigenvalue weighted by molar-refractivity contribution is 0.101. The van der Waals surface area contributed by atoms with Crippen molar-refractivity contribution in [2.75, 3.05) is 0 Å². The number of hydrogen-bond donors (Lipinski definition) is 1. The first kappa shape index (κ1) is 10.6. The van der Waals surface area contributed by atoms with Gasteiger partial charge in [0.15, 0.2) is 5.78 Å². The van der Waals surface area contributed by atoms with E-state index in [2.05, 4.69) is 0 Å². The van der Waals surface area contributed by atoms with Gasteiger partial charge in [0.25, 0.3) is 0 Å². The van der Waals surface area contributed by atoms with Crippen LogP contribution in [-0.2, 0) is 10.0 Å². The number of sulfonamides is 1. The minimum absolute atomic E-state index is 0.0532. The van der Waals surface area contributed by atoms with Crippen LogP contribution in [0, 0.1) is 0 Å². The number of rotatable bonds is 2. The molecule has 13 heavy (non-hydrogen) atoms. The lowest BCUT2D eigenvalue weighted by Gasteiger charge is -1.94. The summed E-state index contributed by atoms with van der Waals surface area (Å²) in [5.41, 5.74) is 0.0532. The van der Waals surface area contributed by atoms with Crippen LogP contribution >= 0.6 is 22.9 Å². The summed E-state index contributed by atoms with van der Waals surface area (Å²) in [4.78, 5) is 11.0. The summed E-state index contributed by atoms with van der Waals surface area (Å²) in [5, 5.41) is 4.88. The number of nitrogens with two attached hydrogens (primary N) is 1. The van der Waals surface area contributed by atoms with Crippen LogP contribution in [0.4, 0.5) is 0 Å². The van der Waals surface area contributed by atoms with Gasteiger partial charge in [0, 0.05) is 5.56 Å². The molecule has 0 unspecified atom stereocenters. The van der Waals surface area contributed by atoms with Gasteiger partial charge in [0.2, 0.25) is 10.0 Å². The van der Waals surface area contributed by atoms with Crippen molar-refractivity contribution in [1.82, 2.24) is 0 Å². The fourth-order valence-corrected chi connectivity index (χ4v) is 3.19. The third-order valence-electron chi connectivity index (χ3n) is 1.31. The maximum atomic E-state index is 11.0. The Morgan fingerprint density at radius 2 is 2.15 bits per heavy atom. The number of Topliss-reactive ketones (excluding diaryl/α,β-unsaturated/α-hetero) is 1. The minimum atomic E-state index is -3.84. The Morgan fingerprint density at radius 3 is 2.46 bits per heavy atom. The highest BCUT2D eigenvalue weighted by Crippen LogP contribution is 2.29. The molecule has 0 aromatic carbocycles. The van der Waals surface area contributed by atoms with E-state index in [0.717, 1.165) is 11.3 Å². The van der Waals surface area contributed by atoms with E-state index in [9.17, 15) is 13.2 Å². The zero-order valence-corrected chi connectivity index (χ0v) is 8.96. The van der Waals surface area contributed by atoms with Crippen LogP contribution < -0.4 is 5.14 Å². The number of carbonyl (C=O) groups is 1. The Hall–Kier alpha value is -0.430. The highest BCUT2D eigenvalue weighted by atomic mass is 35.5. The molecule has 0 radical (unpaired) electrons. The fourth-order valence-electron chi connectivity index (χ4n) is 0.802. The average molecular weight is 240 g/mol. The summed E-state index contributed by atoms with van der Waals surface area (Å²) >= 11 is 6.34. The molecular weight excluding hydrogens is 234 g/mol. The third kappa shape index (κ3) is 2.28. The molecule has 0 bridgehead atoms. The van der Waals surface area contributed by atoms with Crippen molar-refractivity contribution in [1.29, 1.82) is 0 Å². The molecule has 1 aromatic heterocycles. The molecule has 72 valence electrons. The van der Waals surface area contributed by atoms with Gasteiger partial charge in [0.05, 0.1) is 4.34 Å². The molecule has 0 aliphatic rings. The summed E-state index contributed by atoms with van der Waals surface area (Å²) in [6.07, 6.45) is 0. The lowest BCUT2D eigenvalue weighted by atomic mass is 10.2. The molecule has 4 nitrogen and oxygen atoms in total. The predicted molar refractivity (Wildman–Crippen MR) is 50.7 cm³/mol. The van der Waals surface area contributed by atoms with Crippen LogP contribution in [0.3, 0.4) is 0 Å². The largest absolute Gasteiger partial charge is 0.294 e. The first-order chi connectivity index (χ1) is 5.82. The first-order valence-electron chi connectivity index (χ1n) is 3.15. The van der Waals surface area contributed by atoms with Crippen molar-refractivity contribution in [2.45, 2.75) is 11.1 Å². The van der Waals surface area contributed by atoms with Crippen molar-refractivity contribution < 1.29 is 13.2 Å². The molecule has 0 amide bonds. The smallest absolute Gasteiger partial charge is 0.248 e. The number of thiophene rings is 1. The molecule has 0 spiro atoms. The average Bonchev–Trinajstić information content (AvgIpc) is 2.29. The lowest BCUT2D eigenvalue weighted by Crippen LogP contribution is -2.13. The summed E-state index contributed by atoms with van der Waals surface area (Å²) < 4.78 is 22.0. The molecule has 7 heteroatoms. The van der Waals surface area contributed by atoms with Gasteiger partial charge in [-0.1, -0.05) is 11.6 Å². The number of ketones is 1. The molecule has 0 aliphatic carbocycles. The second-order valence-electron chi connectivity index (χ2n) is 2.35. The van der Waals surface area contributed by atoms with Gasteiger partial charge in [-0.3, -0.25) is 4.79 Å². The van der Waals surface area contributed by atoms with E-state index in [1.165, 1.54) is 13.0 Å². The Kier molecular flexibility index (Phi) is 2.76. The van der Waals surface area contributed by atoms with Gasteiger partial charge in [0.1, 0.15) is 4.21 Å². The maximum absolute atomic E-state index is 11.0. The molecule has 0 fully saturated rings. The topological polar surface area (TPSA) is 77.2 Å². The molecule has 1 heterocycles. The van der Waals surface area contributed by atoms with Gasteiger partial charge in [-0.2, -0.15) is 0 Å². The first-order valence-corrected chi connectivity index (χ1v) is 5.89. The van der Waals surface area contributed by atoms with Gasteiger partial charge in [-0.25, -0.2) is 13.6 Å². The van der Waals surface area contributed by atoms with Gasteiger partial charge < -0.3 is 0 Å². The van der Waals surface area contributed by atoms with E-state index in [-0.39, 0.29) is 19.9 Å². The molecule has 0 saturated carbocycles. The Balaban J connectivity index is 3.46. The molecule has 2 N–H and O–H groups in total. The minimum Gasteiger partial charge on any atom is -0.294 e. The second-order valence-corrected chi connectivity index (χ2v) is 5.79. The number of primary sulfonamides is 1. The van der Waals surface area contributed by atoms with Crippen LogP contribution in [-0.4, -0.2) is 14.2 Å². The van der Waals surface area contributed by atoms with Crippen LogP contribution in [0.1, 0.15) is 17.3 Å². The zero-order chi connectivity index (χ0) is 10.2. The van der Waals surface area contributed by atoms with Crippen molar-refractivity contribution in [3.63, 3.8) is 0 Å². The van der Waals surface area contributed by atoms with Crippen LogP contribution in [0.15, 0.2) is 10.3 Å². The quantitative estimate of drug-likeness (QED) is 0.789. The summed E-state index contributed by atoms with van der Waals surface area (Å²) in [6, 6.07) is 1.30. The van der Waals surface area contributed by atoms with Gasteiger partial charge >= 0.3 is 0 Å². The SMILES string of the molecule is CC(=O)c1cc(Cl)sc1S(N)(=O)=O. The van der Waals surface area contributed by atoms with Crippen LogP contribution in [0.25, 0.3) is 0 Å². The molecule has 1 rings (SSSR count). The van der Waals surface area contributed by atoms with E-state index in [4.69, 9.17) is 16.7 Å². The highest BCUT2D eigenvalue weighted by molar-refractivity contribution is 7.91. The second kappa shape index (κ2) is 3.38. The normalized spacial score (nSPS) is 11.6. The Labute approximate surface area is 84.4 Å². The highest BCUT2D eigenvalue weighted by Gasteiger charge is 2.20. The van der Waals surface area contributed by atoms with Crippen molar-refractivity contribution in [3.8, 4) is 0 Å². The molecule has 1 aromatic rings. The summed E-state index contributed by atoms with van der Waals surface area (Å²) in [7, 11) is -3.84. The van der Waals surface area contributed by atoms with E-state index in [0.29, 0.717) is 0 Å². The number of hydrogen-bond acceptors (Lipinski definition) is 4. The predicted octanol–water partition coefficient (Wildman–Crippen LogP) is 1.25. The van der Waals surface area contributed by atoms with Gasteiger partial charge in [-0.15, -0.1) is 11.3 Å². The summed E-state index contributed by atoms with van der Waals surface area (Å²) in [5.74, 6) is -0.368. The summed E-state index contributed by atoms with van der Waals surface area (Å²) in [6.45, 7) is 1.26. The fraction of sp³-hybridized carbons (Fsp3) is 0.167. The van der Waals surface area contributed by atoms with Crippen LogP contribution in [0.5, 0.6) is 0 Å². The Bertz CT molecular complexity index is 448. The monoisotopic (exact) mass is 239 g/mol. The molecule has 0 saturated heterocycles. The van der Waals surface area contributed by atoms with E-state index < -0.39 is 10.0 Å². The van der Waals surface area contributed by atoms with Crippen molar-refractivity contribution in [2.24, 2.45) is 5.14 Å². The Morgan fingerprint density at radius 1 is 1.62 bits per heavy atom. The van der Waals surface area contributed by atoms with Gasteiger partial charge in [-0.05, 0) is 13.0 Å². The van der Waals surface area contributed by atoms with E-state index in [1.54, 1.807) is 0 Å². The molecular formula is C6H6ClNO3S2. The van der Waals surface area contributed by atoms with Crippen LogP contribution in [0.2, 0.25) is 4.34 Å². The van der Waals surface area contributed by atoms with Crippen molar-refractivity contribution >= 4 is 38.7 Å². The molecule has 0 atom stereocenters. The molecule has 0 aliphatic heterocycles. The number of halogens is 1. The third-order valence-corrected chi connectivity index (χ3v) is 4.05. The van der Waals surface area contributed by atoms with E-state index in [1.807, 2.05) is 0 Å². The maximum Gasteiger partial charge on any atom is 0.248 e. The van der Waals surface area contributed by atoms with Crippen molar-refractivity contribution in [3.05, 3.63) is 16.0 Å². The standard InChI is InChI=1S/C6H6ClNO3S2/c1-3(9)4-2-5(7)12-6(4)13(8,10)11/h2H,1H3,(H2,8,10,11). The number of carbonyl (C=O) groups excluding carboxylic acids is 1.